The van der Waals surface area contributed by atoms with E-state index in [2.05, 4.69) is 39.7 Å². The molecule has 0 aliphatic heterocycles. The Morgan fingerprint density at radius 3 is 2.79 bits per heavy atom. The highest BCUT2D eigenvalue weighted by Gasteiger charge is 2.18. The lowest BCUT2D eigenvalue weighted by atomic mass is 10.2. The monoisotopic (exact) mass is 373 g/mol. The number of ether oxygens (including phenoxy) is 2. The molecule has 2 rings (SSSR count). The number of nitrogens with zero attached hydrogens (tertiary/aromatic N) is 1. The van der Waals surface area contributed by atoms with E-state index in [1.807, 2.05) is 19.2 Å². The van der Waals surface area contributed by atoms with Crippen LogP contribution in [0.5, 0.6) is 11.5 Å². The van der Waals surface area contributed by atoms with Crippen molar-refractivity contribution in [2.75, 3.05) is 4.61 Å². The quantitative estimate of drug-likeness (QED) is 0.421. The molecule has 0 atom stereocenters. The highest BCUT2D eigenvalue weighted by atomic mass is 127. The van der Waals surface area contributed by atoms with Crippen molar-refractivity contribution >= 4 is 28.8 Å². The highest BCUT2D eigenvalue weighted by Crippen LogP contribution is 2.33. The summed E-state index contributed by atoms with van der Waals surface area (Å²) in [4.78, 5) is 4.27. The molecule has 0 saturated heterocycles. The van der Waals surface area contributed by atoms with E-state index >= 15 is 0 Å². The molecule has 1 aromatic carbocycles. The van der Waals surface area contributed by atoms with Crippen LogP contribution in [-0.4, -0.2) is 16.9 Å². The first-order valence-corrected chi connectivity index (χ1v) is 8.29. The molecule has 1 aliphatic carbocycles. The Balaban J connectivity index is 2.14. The molecule has 0 amide bonds. The minimum atomic E-state index is 0.349. The topological polar surface area (TPSA) is 30.8 Å². The molecule has 1 fully saturated rings. The third-order valence-electron chi connectivity index (χ3n) is 3.27. The fraction of sp³-hybridized carbons (Fsp3) is 0.533. The van der Waals surface area contributed by atoms with Crippen molar-refractivity contribution in [2.45, 2.75) is 45.3 Å². The zero-order chi connectivity index (χ0) is 13.5. The Morgan fingerprint density at radius 2 is 2.11 bits per heavy atom. The van der Waals surface area contributed by atoms with Crippen LogP contribution >= 0.6 is 22.6 Å². The van der Waals surface area contributed by atoms with Crippen molar-refractivity contribution in [3.8, 4) is 11.5 Å². The van der Waals surface area contributed by atoms with Gasteiger partial charge in [0.2, 0.25) is 0 Å². The maximum absolute atomic E-state index is 6.10. The van der Waals surface area contributed by atoms with Gasteiger partial charge >= 0.3 is 0 Å². The van der Waals surface area contributed by atoms with E-state index in [-0.39, 0.29) is 0 Å². The van der Waals surface area contributed by atoms with Crippen molar-refractivity contribution in [2.24, 2.45) is 4.99 Å². The molecule has 0 unspecified atom stereocenters. The first kappa shape index (κ1) is 14.6. The van der Waals surface area contributed by atoms with Gasteiger partial charge in [-0.05, 0) is 79.1 Å². The molecule has 104 valence electrons. The summed E-state index contributed by atoms with van der Waals surface area (Å²) in [5.41, 5.74) is 1.16. The third kappa shape index (κ3) is 4.37. The second kappa shape index (κ2) is 7.72. The maximum atomic E-state index is 6.10. The predicted molar refractivity (Wildman–Crippen MR) is 86.7 cm³/mol. The first-order valence-electron chi connectivity index (χ1n) is 6.76. The van der Waals surface area contributed by atoms with Crippen LogP contribution in [0.2, 0.25) is 0 Å². The molecule has 0 spiro atoms. The van der Waals surface area contributed by atoms with Crippen molar-refractivity contribution in [1.82, 2.24) is 0 Å². The van der Waals surface area contributed by atoms with Crippen LogP contribution in [0.4, 0.5) is 0 Å². The Hall–Kier alpha value is -0.780. The van der Waals surface area contributed by atoms with Crippen LogP contribution in [-0.2, 0) is 6.54 Å². The second-order valence-electron chi connectivity index (χ2n) is 4.66. The SMILES string of the molecule is CC=NCc1ccc(OCI)c(OC2CCCC2)c1. The van der Waals surface area contributed by atoms with E-state index in [0.717, 1.165) is 29.9 Å². The Labute approximate surface area is 128 Å². The van der Waals surface area contributed by atoms with Gasteiger partial charge in [-0.25, -0.2) is 0 Å². The Morgan fingerprint density at radius 1 is 1.32 bits per heavy atom. The van der Waals surface area contributed by atoms with E-state index < -0.39 is 0 Å². The van der Waals surface area contributed by atoms with Gasteiger partial charge in [-0.3, -0.25) is 4.99 Å². The highest BCUT2D eigenvalue weighted by molar-refractivity contribution is 14.1. The third-order valence-corrected chi connectivity index (χ3v) is 3.58. The number of hydrogen-bond donors (Lipinski definition) is 0. The molecule has 1 saturated carbocycles. The Kier molecular flexibility index (Phi) is 5.94. The number of benzene rings is 1. The molecule has 0 aromatic heterocycles. The molecular weight excluding hydrogens is 353 g/mol. The molecule has 0 bridgehead atoms. The van der Waals surface area contributed by atoms with Gasteiger partial charge in [0, 0.05) is 0 Å². The van der Waals surface area contributed by atoms with E-state index in [4.69, 9.17) is 9.47 Å². The van der Waals surface area contributed by atoms with E-state index in [1.165, 1.54) is 12.8 Å². The summed E-state index contributed by atoms with van der Waals surface area (Å²) in [6, 6.07) is 6.10. The van der Waals surface area contributed by atoms with Crippen LogP contribution in [0.3, 0.4) is 0 Å². The fourth-order valence-electron chi connectivity index (χ4n) is 2.30. The van der Waals surface area contributed by atoms with Crippen LogP contribution in [0, 0.1) is 0 Å². The molecule has 0 heterocycles. The number of alkyl halides is 1. The summed E-state index contributed by atoms with van der Waals surface area (Å²) in [7, 11) is 0. The van der Waals surface area contributed by atoms with Crippen molar-refractivity contribution in [3.63, 3.8) is 0 Å². The number of halogens is 1. The average molecular weight is 373 g/mol. The standard InChI is InChI=1S/C15H20INO2/c1-2-17-10-12-7-8-14(18-11-16)15(9-12)19-13-5-3-4-6-13/h2,7-9,13H,3-6,10-11H2,1H3. The summed E-state index contributed by atoms with van der Waals surface area (Å²) >= 11 is 2.20. The normalized spacial score (nSPS) is 16.1. The summed E-state index contributed by atoms with van der Waals surface area (Å²) in [6.07, 6.45) is 7.02. The lowest BCUT2D eigenvalue weighted by Crippen LogP contribution is -2.12. The van der Waals surface area contributed by atoms with E-state index in [1.54, 1.807) is 0 Å². The predicted octanol–water partition coefficient (Wildman–Crippen LogP) is 4.37. The summed E-state index contributed by atoms with van der Waals surface area (Å²) in [5, 5.41) is 0. The van der Waals surface area contributed by atoms with Gasteiger partial charge in [-0.2, -0.15) is 0 Å². The number of hydrogen-bond acceptors (Lipinski definition) is 3. The van der Waals surface area contributed by atoms with Crippen molar-refractivity contribution < 1.29 is 9.47 Å². The molecule has 0 N–H and O–H groups in total. The lowest BCUT2D eigenvalue weighted by Gasteiger charge is -2.17. The molecule has 1 aliphatic rings. The molecular formula is C15H20INO2. The van der Waals surface area contributed by atoms with Gasteiger partial charge in [0.25, 0.3) is 0 Å². The lowest BCUT2D eigenvalue weighted by molar-refractivity contribution is 0.200. The smallest absolute Gasteiger partial charge is 0.162 e. The Bertz CT molecular complexity index is 428. The zero-order valence-corrected chi connectivity index (χ0v) is 13.4. The van der Waals surface area contributed by atoms with Crippen molar-refractivity contribution in [3.05, 3.63) is 23.8 Å². The van der Waals surface area contributed by atoms with Crippen LogP contribution in [0.1, 0.15) is 38.2 Å². The zero-order valence-electron chi connectivity index (χ0n) is 11.3. The number of rotatable bonds is 6. The molecule has 1 aromatic rings. The van der Waals surface area contributed by atoms with Crippen LogP contribution in [0.15, 0.2) is 23.2 Å². The fourth-order valence-corrected chi connectivity index (χ4v) is 2.64. The molecule has 3 nitrogen and oxygen atoms in total. The van der Waals surface area contributed by atoms with Gasteiger partial charge in [0.15, 0.2) is 11.5 Å². The first-order chi connectivity index (χ1) is 9.33. The largest absolute Gasteiger partial charge is 0.487 e. The van der Waals surface area contributed by atoms with Crippen molar-refractivity contribution in [1.29, 1.82) is 0 Å². The summed E-state index contributed by atoms with van der Waals surface area (Å²) in [6.45, 7) is 2.63. The number of aliphatic imine (C=N–C) groups is 1. The van der Waals surface area contributed by atoms with E-state index in [0.29, 0.717) is 17.3 Å². The van der Waals surface area contributed by atoms with Gasteiger partial charge in [0.1, 0.15) is 4.61 Å². The molecule has 4 heteroatoms. The van der Waals surface area contributed by atoms with E-state index in [9.17, 15) is 0 Å². The van der Waals surface area contributed by atoms with Crippen LogP contribution < -0.4 is 9.47 Å². The molecule has 0 radical (unpaired) electrons. The van der Waals surface area contributed by atoms with Gasteiger partial charge < -0.3 is 9.47 Å². The molecule has 19 heavy (non-hydrogen) atoms. The average Bonchev–Trinajstić information content (AvgIpc) is 2.92. The summed E-state index contributed by atoms with van der Waals surface area (Å²) in [5.74, 6) is 1.71. The second-order valence-corrected chi connectivity index (χ2v) is 5.28. The van der Waals surface area contributed by atoms with Gasteiger partial charge in [-0.15, -0.1) is 0 Å². The summed E-state index contributed by atoms with van der Waals surface area (Å²) < 4.78 is 12.4. The van der Waals surface area contributed by atoms with Crippen LogP contribution in [0.25, 0.3) is 0 Å². The minimum Gasteiger partial charge on any atom is -0.487 e. The maximum Gasteiger partial charge on any atom is 0.162 e. The minimum absolute atomic E-state index is 0.349. The van der Waals surface area contributed by atoms with Gasteiger partial charge in [0.05, 0.1) is 12.6 Å². The van der Waals surface area contributed by atoms with Gasteiger partial charge in [-0.1, -0.05) is 6.07 Å².